The molecule has 0 saturated heterocycles. The molecular weight excluding hydrogens is 203 g/mol. The van der Waals surface area contributed by atoms with Crippen molar-refractivity contribution in [1.82, 2.24) is 0 Å². The van der Waals surface area contributed by atoms with Crippen molar-refractivity contribution in [2.24, 2.45) is 0 Å². The average Bonchev–Trinajstić information content (AvgIpc) is 1.69. The minimum atomic E-state index is 0.831. The molecule has 0 rings (SSSR count). The van der Waals surface area contributed by atoms with Crippen LogP contribution in [0.2, 0.25) is 0 Å². The van der Waals surface area contributed by atoms with E-state index >= 15 is 0 Å². The monoisotopic (exact) mass is 214 g/mol. The van der Waals surface area contributed by atoms with Crippen molar-refractivity contribution in [3.63, 3.8) is 0 Å². The van der Waals surface area contributed by atoms with Crippen LogP contribution in [-0.2, 0) is 4.74 Å². The highest BCUT2D eigenvalue weighted by molar-refractivity contribution is 14.1. The molecular formula is C5H11IO. The number of rotatable bonds is 4. The van der Waals surface area contributed by atoms with Crippen LogP contribution in [0.1, 0.15) is 19.8 Å². The number of halogens is 1. The van der Waals surface area contributed by atoms with Crippen molar-refractivity contribution >= 4 is 22.6 Å². The summed E-state index contributed by atoms with van der Waals surface area (Å²) >= 11 is 2.20. The van der Waals surface area contributed by atoms with Gasteiger partial charge >= 0.3 is 0 Å². The molecule has 0 spiro atoms. The molecule has 0 bridgehead atoms. The van der Waals surface area contributed by atoms with Gasteiger partial charge in [0.05, 0.1) is 4.61 Å². The molecule has 0 heterocycles. The third-order valence-corrected chi connectivity index (χ3v) is 1.16. The number of alkyl halides is 1. The van der Waals surface area contributed by atoms with Crippen LogP contribution in [0.25, 0.3) is 0 Å². The van der Waals surface area contributed by atoms with Crippen molar-refractivity contribution in [3.05, 3.63) is 0 Å². The topological polar surface area (TPSA) is 9.23 Å². The minimum absolute atomic E-state index is 0.831. The third-order valence-electron chi connectivity index (χ3n) is 0.719. The summed E-state index contributed by atoms with van der Waals surface area (Å²) < 4.78 is 5.89. The van der Waals surface area contributed by atoms with Crippen LogP contribution in [0.4, 0.5) is 0 Å². The number of unbranched alkanes of at least 4 members (excludes halogenated alkanes) is 1. The zero-order valence-corrected chi connectivity index (χ0v) is 6.77. The molecule has 0 saturated carbocycles. The fourth-order valence-corrected chi connectivity index (χ4v) is 0.612. The normalized spacial score (nSPS) is 9.43. The maximum absolute atomic E-state index is 5.06. The SMILES string of the molecule is CCCCOCI. The average molecular weight is 214 g/mol. The van der Waals surface area contributed by atoms with Crippen LogP contribution in [-0.4, -0.2) is 11.2 Å². The van der Waals surface area contributed by atoms with Crippen molar-refractivity contribution in [3.8, 4) is 0 Å². The Bertz CT molecular complexity index is 27.3. The lowest BCUT2D eigenvalue weighted by Crippen LogP contribution is -1.88. The van der Waals surface area contributed by atoms with Gasteiger partial charge in [-0.2, -0.15) is 0 Å². The summed E-state index contributed by atoms with van der Waals surface area (Å²) in [5, 5.41) is 0. The first kappa shape index (κ1) is 7.69. The molecule has 0 aromatic rings. The Balaban J connectivity index is 2.45. The van der Waals surface area contributed by atoms with E-state index in [9.17, 15) is 0 Å². The first-order valence-electron chi connectivity index (χ1n) is 2.55. The standard InChI is InChI=1S/C5H11IO/c1-2-3-4-7-5-6/h2-5H2,1H3. The molecule has 0 N–H and O–H groups in total. The summed E-state index contributed by atoms with van der Waals surface area (Å²) in [6, 6.07) is 0. The maximum Gasteiger partial charge on any atom is 0.0979 e. The van der Waals surface area contributed by atoms with E-state index in [2.05, 4.69) is 29.5 Å². The molecule has 1 nitrogen and oxygen atoms in total. The highest BCUT2D eigenvalue weighted by Crippen LogP contribution is 1.89. The van der Waals surface area contributed by atoms with Gasteiger partial charge in [-0.15, -0.1) is 0 Å². The largest absolute Gasteiger partial charge is 0.371 e. The van der Waals surface area contributed by atoms with Gasteiger partial charge in [-0.05, 0) is 6.42 Å². The molecule has 0 amide bonds. The van der Waals surface area contributed by atoms with E-state index in [1.807, 2.05) is 0 Å². The molecule has 7 heavy (non-hydrogen) atoms. The quantitative estimate of drug-likeness (QED) is 0.396. The fourth-order valence-electron chi connectivity index (χ4n) is 0.301. The van der Waals surface area contributed by atoms with Crippen LogP contribution in [0, 0.1) is 0 Å². The second-order valence-corrected chi connectivity index (χ2v) is 1.99. The maximum atomic E-state index is 5.06. The lowest BCUT2D eigenvalue weighted by Gasteiger charge is -1.93. The van der Waals surface area contributed by atoms with E-state index in [-0.39, 0.29) is 0 Å². The Labute approximate surface area is 58.6 Å². The van der Waals surface area contributed by atoms with Crippen LogP contribution in [0.15, 0.2) is 0 Å². The Morgan fingerprint density at radius 3 is 2.71 bits per heavy atom. The second-order valence-electron chi connectivity index (χ2n) is 1.37. The van der Waals surface area contributed by atoms with Crippen LogP contribution in [0.3, 0.4) is 0 Å². The number of ether oxygens (including phenoxy) is 1. The van der Waals surface area contributed by atoms with Crippen molar-refractivity contribution < 1.29 is 4.74 Å². The predicted molar refractivity (Wildman–Crippen MR) is 39.7 cm³/mol. The summed E-state index contributed by atoms with van der Waals surface area (Å²) in [7, 11) is 0. The second kappa shape index (κ2) is 6.69. The lowest BCUT2D eigenvalue weighted by atomic mass is 10.4. The van der Waals surface area contributed by atoms with E-state index in [1.165, 1.54) is 12.8 Å². The van der Waals surface area contributed by atoms with Gasteiger partial charge in [-0.25, -0.2) is 0 Å². The molecule has 2 heteroatoms. The van der Waals surface area contributed by atoms with Crippen LogP contribution in [0.5, 0.6) is 0 Å². The summed E-state index contributed by atoms with van der Waals surface area (Å²) in [5.74, 6) is 0. The molecule has 44 valence electrons. The van der Waals surface area contributed by atoms with Gasteiger partial charge in [0.1, 0.15) is 0 Å². The zero-order chi connectivity index (χ0) is 5.54. The molecule has 0 radical (unpaired) electrons. The van der Waals surface area contributed by atoms with Gasteiger partial charge in [0.25, 0.3) is 0 Å². The fraction of sp³-hybridized carbons (Fsp3) is 1.00. The highest BCUT2D eigenvalue weighted by Gasteiger charge is 1.79. The van der Waals surface area contributed by atoms with Gasteiger partial charge in [0, 0.05) is 6.61 Å². The summed E-state index contributed by atoms with van der Waals surface area (Å²) in [4.78, 5) is 0. The van der Waals surface area contributed by atoms with E-state index in [1.54, 1.807) is 0 Å². The highest BCUT2D eigenvalue weighted by atomic mass is 127. The molecule has 0 aromatic carbocycles. The molecule has 0 aliphatic carbocycles. The van der Waals surface area contributed by atoms with Gasteiger partial charge in [-0.3, -0.25) is 0 Å². The van der Waals surface area contributed by atoms with Gasteiger partial charge < -0.3 is 4.74 Å². The van der Waals surface area contributed by atoms with Gasteiger partial charge in [0.2, 0.25) is 0 Å². The summed E-state index contributed by atoms with van der Waals surface area (Å²) in [6.07, 6.45) is 2.43. The van der Waals surface area contributed by atoms with Gasteiger partial charge in [0.15, 0.2) is 0 Å². The van der Waals surface area contributed by atoms with Crippen molar-refractivity contribution in [2.45, 2.75) is 19.8 Å². The molecule has 0 aromatic heterocycles. The number of hydrogen-bond donors (Lipinski definition) is 0. The summed E-state index contributed by atoms with van der Waals surface area (Å²) in [6.45, 7) is 3.09. The van der Waals surface area contributed by atoms with Crippen LogP contribution >= 0.6 is 22.6 Å². The first-order valence-corrected chi connectivity index (χ1v) is 4.08. The smallest absolute Gasteiger partial charge is 0.0979 e. The zero-order valence-electron chi connectivity index (χ0n) is 4.61. The van der Waals surface area contributed by atoms with Crippen LogP contribution < -0.4 is 0 Å². The Hall–Kier alpha value is 0.690. The third kappa shape index (κ3) is 6.69. The van der Waals surface area contributed by atoms with Crippen molar-refractivity contribution in [1.29, 1.82) is 0 Å². The first-order chi connectivity index (χ1) is 3.41. The Morgan fingerprint density at radius 2 is 2.29 bits per heavy atom. The minimum Gasteiger partial charge on any atom is -0.371 e. The molecule has 0 fully saturated rings. The Morgan fingerprint density at radius 1 is 1.57 bits per heavy atom. The molecule has 0 aliphatic heterocycles. The molecule has 0 unspecified atom stereocenters. The summed E-state index contributed by atoms with van der Waals surface area (Å²) in [5.41, 5.74) is 0. The predicted octanol–water partition coefficient (Wildman–Crippen LogP) is 2.20. The molecule has 0 aliphatic rings. The van der Waals surface area contributed by atoms with Crippen molar-refractivity contribution in [2.75, 3.05) is 11.2 Å². The van der Waals surface area contributed by atoms with E-state index < -0.39 is 0 Å². The molecule has 0 atom stereocenters. The lowest BCUT2D eigenvalue weighted by molar-refractivity contribution is 0.187. The Kier molecular flexibility index (Phi) is 7.35. The number of hydrogen-bond acceptors (Lipinski definition) is 1. The van der Waals surface area contributed by atoms with E-state index in [0.717, 1.165) is 11.2 Å². The van der Waals surface area contributed by atoms with E-state index in [0.29, 0.717) is 0 Å². The van der Waals surface area contributed by atoms with Gasteiger partial charge in [-0.1, -0.05) is 35.9 Å². The van der Waals surface area contributed by atoms with E-state index in [4.69, 9.17) is 4.74 Å².